The Hall–Kier alpha value is -4.01. The van der Waals surface area contributed by atoms with Crippen molar-refractivity contribution in [1.29, 1.82) is 0 Å². The fraction of sp³-hybridized carbons (Fsp3) is 0. The SMILES string of the molecule is O=C(O)c1cccc(-c2[c-]cc(F)cc2F)n1.[Ir].[c-]1c(-n2cccn2)cccc1-n1cccn1. The Kier molecular flexibility index (Phi) is 8.13. The van der Waals surface area contributed by atoms with Gasteiger partial charge in [0.25, 0.3) is 0 Å². The number of aromatic nitrogens is 5. The molecule has 0 aliphatic rings. The summed E-state index contributed by atoms with van der Waals surface area (Å²) in [7, 11) is 0. The molecule has 0 saturated carbocycles. The molecule has 0 spiro atoms. The van der Waals surface area contributed by atoms with Gasteiger partial charge >= 0.3 is 5.97 Å². The van der Waals surface area contributed by atoms with E-state index in [4.69, 9.17) is 5.11 Å². The van der Waals surface area contributed by atoms with Crippen molar-refractivity contribution < 1.29 is 38.8 Å². The molecule has 0 bridgehead atoms. The van der Waals surface area contributed by atoms with Gasteiger partial charge in [0, 0.05) is 56.5 Å². The number of carboxylic acids is 1. The third-order valence-electron chi connectivity index (χ3n) is 4.35. The van der Waals surface area contributed by atoms with Crippen molar-refractivity contribution in [3.8, 4) is 22.6 Å². The molecule has 0 fully saturated rings. The number of rotatable bonds is 4. The predicted molar refractivity (Wildman–Crippen MR) is 115 cm³/mol. The smallest absolute Gasteiger partial charge is 0.353 e. The van der Waals surface area contributed by atoms with E-state index in [-0.39, 0.29) is 37.1 Å². The molecule has 5 aromatic rings. The molecule has 0 unspecified atom stereocenters. The standard InChI is InChI=1S/C12H6F2NO2.C12H9N4.Ir/c13-7-4-5-8(9(14)6-7)10-2-1-3-11(15-10)12(16)17;1-4-11(15-8-2-6-13-15)10-12(5-1)16-9-3-7-14-16;/h1-4,6H,(H,16,17);1-9H;/q2*-1;. The Labute approximate surface area is 206 Å². The van der Waals surface area contributed by atoms with Gasteiger partial charge in [0.2, 0.25) is 0 Å². The summed E-state index contributed by atoms with van der Waals surface area (Å²) in [6.45, 7) is 0. The largest absolute Gasteiger partial charge is 0.477 e. The zero-order valence-electron chi connectivity index (χ0n) is 17.3. The topological polar surface area (TPSA) is 85.8 Å². The molecule has 1 N–H and O–H groups in total. The van der Waals surface area contributed by atoms with Crippen LogP contribution in [0.25, 0.3) is 22.6 Å². The predicted octanol–water partition coefficient (Wildman–Crippen LogP) is 4.38. The molecule has 34 heavy (non-hydrogen) atoms. The maximum absolute atomic E-state index is 13.4. The van der Waals surface area contributed by atoms with Crippen molar-refractivity contribution in [3.05, 3.63) is 115 Å². The first-order chi connectivity index (χ1) is 16.0. The molecule has 2 aromatic carbocycles. The Bertz CT molecular complexity index is 1330. The van der Waals surface area contributed by atoms with Crippen LogP contribution in [0.1, 0.15) is 10.5 Å². The average Bonchev–Trinajstić information content (AvgIpc) is 3.54. The van der Waals surface area contributed by atoms with E-state index in [0.29, 0.717) is 6.07 Å². The van der Waals surface area contributed by atoms with E-state index >= 15 is 0 Å². The van der Waals surface area contributed by atoms with E-state index in [0.717, 1.165) is 17.4 Å². The minimum atomic E-state index is -1.21. The summed E-state index contributed by atoms with van der Waals surface area (Å²) in [5.74, 6) is -2.80. The van der Waals surface area contributed by atoms with E-state index in [9.17, 15) is 13.6 Å². The number of aromatic carboxylic acids is 1. The Balaban J connectivity index is 0.000000185. The first kappa shape index (κ1) is 24.6. The second-order valence-electron chi connectivity index (χ2n) is 6.58. The monoisotopic (exact) mass is 636 g/mol. The second-order valence-corrected chi connectivity index (χ2v) is 6.58. The molecule has 10 heteroatoms. The Morgan fingerprint density at radius 1 is 0.912 bits per heavy atom. The summed E-state index contributed by atoms with van der Waals surface area (Å²) in [6, 6.07) is 21.1. The first-order valence-electron chi connectivity index (χ1n) is 9.61. The van der Waals surface area contributed by atoms with Crippen LogP contribution in [0.5, 0.6) is 0 Å². The third kappa shape index (κ3) is 5.86. The zero-order chi connectivity index (χ0) is 23.2. The van der Waals surface area contributed by atoms with Crippen molar-refractivity contribution in [1.82, 2.24) is 24.5 Å². The van der Waals surface area contributed by atoms with Crippen LogP contribution >= 0.6 is 0 Å². The minimum Gasteiger partial charge on any atom is -0.477 e. The molecule has 3 heterocycles. The molecule has 1 radical (unpaired) electrons. The number of pyridine rings is 1. The van der Waals surface area contributed by atoms with Crippen molar-refractivity contribution in [2.45, 2.75) is 0 Å². The molecule has 0 amide bonds. The van der Waals surface area contributed by atoms with Crippen LogP contribution in [0.3, 0.4) is 0 Å². The maximum atomic E-state index is 13.4. The number of hydrogen-bond donors (Lipinski definition) is 1. The summed E-state index contributed by atoms with van der Waals surface area (Å²) in [6.07, 6.45) is 7.26. The minimum absolute atomic E-state index is 0. The number of halogens is 2. The molecule has 0 aliphatic heterocycles. The van der Waals surface area contributed by atoms with E-state index in [1.165, 1.54) is 18.2 Å². The van der Waals surface area contributed by atoms with Gasteiger partial charge in [0.15, 0.2) is 0 Å². The van der Waals surface area contributed by atoms with Gasteiger partial charge in [0.1, 0.15) is 5.69 Å². The summed E-state index contributed by atoms with van der Waals surface area (Å²) in [5, 5.41) is 17.1. The van der Waals surface area contributed by atoms with E-state index in [1.807, 2.05) is 42.7 Å². The van der Waals surface area contributed by atoms with Gasteiger partial charge in [-0.25, -0.2) is 4.79 Å². The summed E-state index contributed by atoms with van der Waals surface area (Å²) >= 11 is 0. The molecular formula is C24H15F2IrN5O2-2. The molecule has 3 aromatic heterocycles. The van der Waals surface area contributed by atoms with E-state index in [2.05, 4.69) is 27.3 Å². The van der Waals surface area contributed by atoms with Crippen LogP contribution in [-0.4, -0.2) is 35.6 Å². The molecule has 173 valence electrons. The number of benzene rings is 2. The van der Waals surface area contributed by atoms with Gasteiger partial charge in [0.05, 0.1) is 0 Å². The quantitative estimate of drug-likeness (QED) is 0.297. The number of nitrogens with zero attached hydrogens (tertiary/aromatic N) is 5. The van der Waals surface area contributed by atoms with Crippen LogP contribution < -0.4 is 0 Å². The van der Waals surface area contributed by atoms with Gasteiger partial charge in [-0.05, 0) is 35.3 Å². The van der Waals surface area contributed by atoms with Crippen molar-refractivity contribution in [2.24, 2.45) is 0 Å². The van der Waals surface area contributed by atoms with Crippen LogP contribution in [0.15, 0.2) is 85.5 Å². The van der Waals surface area contributed by atoms with E-state index < -0.39 is 17.6 Å². The average molecular weight is 636 g/mol. The molecule has 0 aliphatic carbocycles. The van der Waals surface area contributed by atoms with Crippen LogP contribution in [0.4, 0.5) is 8.78 Å². The van der Waals surface area contributed by atoms with Crippen LogP contribution in [0, 0.1) is 23.8 Å². The molecule has 0 atom stereocenters. The first-order valence-corrected chi connectivity index (χ1v) is 9.61. The van der Waals surface area contributed by atoms with Gasteiger partial charge in [-0.15, -0.1) is 30.3 Å². The van der Waals surface area contributed by atoms with Crippen LogP contribution in [-0.2, 0) is 20.1 Å². The van der Waals surface area contributed by atoms with Gasteiger partial charge < -0.3 is 5.11 Å². The fourth-order valence-electron chi connectivity index (χ4n) is 2.87. The summed E-state index contributed by atoms with van der Waals surface area (Å²) in [4.78, 5) is 14.4. The summed E-state index contributed by atoms with van der Waals surface area (Å²) in [5.41, 5.74) is 1.63. The number of hydrogen-bond acceptors (Lipinski definition) is 4. The third-order valence-corrected chi connectivity index (χ3v) is 4.35. The Morgan fingerprint density at radius 2 is 1.53 bits per heavy atom. The molecular weight excluding hydrogens is 621 g/mol. The second kappa shape index (κ2) is 11.2. The summed E-state index contributed by atoms with van der Waals surface area (Å²) < 4.78 is 29.6. The van der Waals surface area contributed by atoms with Crippen molar-refractivity contribution in [2.75, 3.05) is 0 Å². The van der Waals surface area contributed by atoms with Crippen molar-refractivity contribution >= 4 is 5.97 Å². The van der Waals surface area contributed by atoms with Gasteiger partial charge in [-0.3, -0.25) is 23.1 Å². The zero-order valence-corrected chi connectivity index (χ0v) is 19.7. The molecule has 7 nitrogen and oxygen atoms in total. The van der Waals surface area contributed by atoms with Gasteiger partial charge in [-0.2, -0.15) is 16.3 Å². The molecule has 0 saturated heterocycles. The number of carbonyl (C=O) groups is 1. The van der Waals surface area contributed by atoms with E-state index in [1.54, 1.807) is 21.8 Å². The van der Waals surface area contributed by atoms with Crippen molar-refractivity contribution in [3.63, 3.8) is 0 Å². The Morgan fingerprint density at radius 3 is 2.06 bits per heavy atom. The molecule has 5 rings (SSSR count). The maximum Gasteiger partial charge on any atom is 0.353 e. The normalized spacial score (nSPS) is 10.1. The van der Waals surface area contributed by atoms with Gasteiger partial charge in [-0.1, -0.05) is 23.8 Å². The fourth-order valence-corrected chi connectivity index (χ4v) is 2.87. The van der Waals surface area contributed by atoms with Crippen LogP contribution in [0.2, 0.25) is 0 Å². The number of carboxylic acid groups (broad SMARTS) is 1.